The Balaban J connectivity index is 3.05. The Kier molecular flexibility index (Phi) is 5.34. The summed E-state index contributed by atoms with van der Waals surface area (Å²) in [4.78, 5) is 37.5. The van der Waals surface area contributed by atoms with Gasteiger partial charge >= 0.3 is 18.0 Å². The first-order chi connectivity index (χ1) is 10.3. The number of rotatable bonds is 2. The molecule has 1 aliphatic rings. The summed E-state index contributed by atoms with van der Waals surface area (Å²) in [6.45, 7) is 10.5. The molecule has 0 saturated carbocycles. The first-order valence-electron chi connectivity index (χ1n) is 7.72. The molecule has 0 bridgehead atoms. The molecule has 1 rings (SSSR count). The third-order valence-corrected chi connectivity index (χ3v) is 3.47. The van der Waals surface area contributed by atoms with Crippen molar-refractivity contribution in [3.8, 4) is 0 Å². The number of likely N-dealkylation sites (tertiary alicyclic amines) is 1. The number of hydrogen-bond donors (Lipinski definition) is 1. The second-order valence-corrected chi connectivity index (χ2v) is 7.86. The maximum atomic E-state index is 12.7. The third kappa shape index (κ3) is 5.11. The lowest BCUT2D eigenvalue weighted by Crippen LogP contribution is -2.53. The van der Waals surface area contributed by atoms with Gasteiger partial charge in [-0.05, 0) is 54.4 Å². The van der Waals surface area contributed by atoms with Gasteiger partial charge in [-0.1, -0.05) is 0 Å². The molecule has 0 radical (unpaired) electrons. The first-order valence-corrected chi connectivity index (χ1v) is 7.72. The Labute approximate surface area is 136 Å². The van der Waals surface area contributed by atoms with Crippen LogP contribution in [0.3, 0.4) is 0 Å². The molecular weight excluding hydrogens is 302 g/mol. The number of ether oxygens (including phenoxy) is 2. The minimum atomic E-state index is -1.45. The number of amides is 1. The van der Waals surface area contributed by atoms with Crippen LogP contribution in [0.1, 0.15) is 54.4 Å². The van der Waals surface area contributed by atoms with E-state index in [1.165, 1.54) is 4.90 Å². The van der Waals surface area contributed by atoms with E-state index in [2.05, 4.69) is 0 Å². The van der Waals surface area contributed by atoms with Crippen molar-refractivity contribution in [2.75, 3.05) is 13.1 Å². The van der Waals surface area contributed by atoms with E-state index in [0.717, 1.165) is 0 Å². The Bertz CT molecular complexity index is 448. The van der Waals surface area contributed by atoms with Crippen LogP contribution < -0.4 is 0 Å². The number of piperidine rings is 1. The van der Waals surface area contributed by atoms with Crippen LogP contribution in [0.5, 0.6) is 0 Å². The number of hydrogen-bond acceptors (Lipinski definition) is 5. The van der Waals surface area contributed by atoms with E-state index in [1.54, 1.807) is 41.5 Å². The van der Waals surface area contributed by atoms with E-state index >= 15 is 0 Å². The molecule has 1 saturated heterocycles. The average molecular weight is 329 g/mol. The van der Waals surface area contributed by atoms with Crippen LogP contribution in [0.4, 0.5) is 4.79 Å². The van der Waals surface area contributed by atoms with Crippen LogP contribution in [0, 0.1) is 5.41 Å². The normalized spacial score (nSPS) is 18.3. The molecule has 0 aliphatic carbocycles. The van der Waals surface area contributed by atoms with Crippen LogP contribution in [0.25, 0.3) is 0 Å². The lowest BCUT2D eigenvalue weighted by molar-refractivity contribution is -0.188. The Morgan fingerprint density at radius 1 is 0.870 bits per heavy atom. The van der Waals surface area contributed by atoms with Crippen molar-refractivity contribution in [3.63, 3.8) is 0 Å². The molecule has 1 fully saturated rings. The number of nitrogens with zero attached hydrogens (tertiary/aromatic N) is 1. The van der Waals surface area contributed by atoms with Crippen molar-refractivity contribution < 1.29 is 29.0 Å². The van der Waals surface area contributed by atoms with Crippen molar-refractivity contribution in [3.05, 3.63) is 0 Å². The van der Waals surface area contributed by atoms with E-state index in [0.29, 0.717) is 0 Å². The van der Waals surface area contributed by atoms with Crippen molar-refractivity contribution in [1.82, 2.24) is 4.90 Å². The molecule has 0 unspecified atom stereocenters. The van der Waals surface area contributed by atoms with Gasteiger partial charge in [0.2, 0.25) is 0 Å². The predicted molar refractivity (Wildman–Crippen MR) is 83.0 cm³/mol. The van der Waals surface area contributed by atoms with Crippen LogP contribution in [0.2, 0.25) is 0 Å². The first kappa shape index (κ1) is 19.3. The zero-order chi connectivity index (χ0) is 18.1. The van der Waals surface area contributed by atoms with Gasteiger partial charge in [-0.3, -0.25) is 9.59 Å². The van der Waals surface area contributed by atoms with Crippen LogP contribution in [-0.2, 0) is 19.1 Å². The fourth-order valence-corrected chi connectivity index (χ4v) is 2.32. The molecule has 132 valence electrons. The molecule has 0 spiro atoms. The quantitative estimate of drug-likeness (QED) is 0.618. The lowest BCUT2D eigenvalue weighted by atomic mass is 9.78. The van der Waals surface area contributed by atoms with Gasteiger partial charge in [-0.15, -0.1) is 0 Å². The summed E-state index contributed by atoms with van der Waals surface area (Å²) in [7, 11) is 0. The van der Waals surface area contributed by atoms with Gasteiger partial charge in [0.15, 0.2) is 5.41 Å². The maximum absolute atomic E-state index is 12.7. The van der Waals surface area contributed by atoms with Crippen LogP contribution in [0.15, 0.2) is 0 Å². The average Bonchev–Trinajstić information content (AvgIpc) is 2.34. The van der Waals surface area contributed by atoms with Gasteiger partial charge in [-0.2, -0.15) is 0 Å². The molecular formula is C16H27NO6. The summed E-state index contributed by atoms with van der Waals surface area (Å²) in [5.41, 5.74) is -2.93. The van der Waals surface area contributed by atoms with Gasteiger partial charge in [0.05, 0.1) is 0 Å². The van der Waals surface area contributed by atoms with E-state index in [9.17, 15) is 14.4 Å². The zero-order valence-corrected chi connectivity index (χ0v) is 14.8. The third-order valence-electron chi connectivity index (χ3n) is 3.47. The summed E-state index contributed by atoms with van der Waals surface area (Å²) in [5.74, 6) is -1.30. The minimum Gasteiger partial charge on any atom is -0.465 e. The maximum Gasteiger partial charge on any atom is 0.407 e. The molecule has 1 aliphatic heterocycles. The number of carboxylic acid groups (broad SMARTS) is 1. The highest BCUT2D eigenvalue weighted by molar-refractivity contribution is 6.00. The molecule has 7 nitrogen and oxygen atoms in total. The fraction of sp³-hybridized carbons (Fsp3) is 0.812. The van der Waals surface area contributed by atoms with E-state index in [-0.39, 0.29) is 25.9 Å². The largest absolute Gasteiger partial charge is 0.465 e. The number of esters is 2. The predicted octanol–water partition coefficient (Wildman–Crippen LogP) is 2.43. The lowest BCUT2D eigenvalue weighted by Gasteiger charge is -2.39. The highest BCUT2D eigenvalue weighted by Crippen LogP contribution is 2.37. The molecule has 1 N–H and O–H groups in total. The topological polar surface area (TPSA) is 93.1 Å². The number of carbonyl (C=O) groups excluding carboxylic acids is 2. The second-order valence-electron chi connectivity index (χ2n) is 7.86. The van der Waals surface area contributed by atoms with Crippen LogP contribution in [-0.4, -0.2) is 52.3 Å². The Morgan fingerprint density at radius 2 is 1.22 bits per heavy atom. The smallest absolute Gasteiger partial charge is 0.407 e. The van der Waals surface area contributed by atoms with Crippen molar-refractivity contribution in [1.29, 1.82) is 0 Å². The molecule has 0 aromatic rings. The fourth-order valence-electron chi connectivity index (χ4n) is 2.32. The molecule has 0 aromatic heterocycles. The van der Waals surface area contributed by atoms with Gasteiger partial charge in [0, 0.05) is 13.1 Å². The Morgan fingerprint density at radius 3 is 1.48 bits per heavy atom. The molecule has 7 heteroatoms. The van der Waals surface area contributed by atoms with Gasteiger partial charge in [0.25, 0.3) is 0 Å². The SMILES string of the molecule is CC(C)(C)OC(=O)C1(C(=O)OC(C)(C)C)CCN(C(=O)O)CC1. The molecule has 0 atom stereocenters. The summed E-state index contributed by atoms with van der Waals surface area (Å²) in [5, 5.41) is 9.05. The Hall–Kier alpha value is -1.79. The standard InChI is InChI=1S/C16H27NO6/c1-14(2,3)22-11(18)16(12(19)23-15(4,5)6)7-9-17(10-8-16)13(20)21/h7-10H2,1-6H3,(H,20,21). The highest BCUT2D eigenvalue weighted by atomic mass is 16.6. The second kappa shape index (κ2) is 6.37. The highest BCUT2D eigenvalue weighted by Gasteiger charge is 2.53. The minimum absolute atomic E-state index is 0.0587. The van der Waals surface area contributed by atoms with Crippen molar-refractivity contribution in [2.45, 2.75) is 65.6 Å². The van der Waals surface area contributed by atoms with Crippen molar-refractivity contribution in [2.24, 2.45) is 5.41 Å². The summed E-state index contributed by atoms with van der Waals surface area (Å²) in [6.07, 6.45) is -0.946. The molecule has 1 amide bonds. The summed E-state index contributed by atoms with van der Waals surface area (Å²) >= 11 is 0. The molecule has 1 heterocycles. The molecule has 0 aromatic carbocycles. The van der Waals surface area contributed by atoms with Gasteiger partial charge in [0.1, 0.15) is 11.2 Å². The summed E-state index contributed by atoms with van der Waals surface area (Å²) < 4.78 is 10.8. The van der Waals surface area contributed by atoms with E-state index < -0.39 is 34.6 Å². The van der Waals surface area contributed by atoms with Crippen LogP contribution >= 0.6 is 0 Å². The monoisotopic (exact) mass is 329 g/mol. The van der Waals surface area contributed by atoms with Gasteiger partial charge in [-0.25, -0.2) is 4.79 Å². The number of carbonyl (C=O) groups is 3. The zero-order valence-electron chi connectivity index (χ0n) is 14.8. The van der Waals surface area contributed by atoms with Gasteiger partial charge < -0.3 is 19.5 Å². The van der Waals surface area contributed by atoms with Crippen molar-refractivity contribution >= 4 is 18.0 Å². The molecule has 23 heavy (non-hydrogen) atoms. The van der Waals surface area contributed by atoms with E-state index in [4.69, 9.17) is 14.6 Å². The summed E-state index contributed by atoms with van der Waals surface area (Å²) in [6, 6.07) is 0. The van der Waals surface area contributed by atoms with E-state index in [1.807, 2.05) is 0 Å².